The minimum Gasteiger partial charge on any atom is -0.535 e. The number of carbonyl (C=O) groups is 9. The Balaban J connectivity index is 0.000000330. The van der Waals surface area contributed by atoms with Gasteiger partial charge in [0.1, 0.15) is 41.1 Å². The smallest absolute Gasteiger partial charge is 0.526 e. The number of amides is 4. The summed E-state index contributed by atoms with van der Waals surface area (Å²) < 4.78 is 35.3. The number of rotatable bonds is 15. The molecule has 1 saturated heterocycles. The molecule has 2 aromatic carbocycles. The number of Topliss-reactive ketones (excluding diaryl/α,β-unsaturated/α-hetero) is 1. The number of ether oxygens (including phenoxy) is 3. The number of nitrogens with zero attached hydrogens (tertiary/aromatic N) is 3. The molecule has 5 aliphatic rings. The summed E-state index contributed by atoms with van der Waals surface area (Å²) in [7, 11) is 7.21. The van der Waals surface area contributed by atoms with Gasteiger partial charge in [-0.2, -0.15) is 0 Å². The summed E-state index contributed by atoms with van der Waals surface area (Å²) in [6.07, 6.45) is 0.101. The summed E-state index contributed by atoms with van der Waals surface area (Å²) in [5.41, 5.74) is -1.05. The number of hydrogen-bond donors (Lipinski definition) is 4. The van der Waals surface area contributed by atoms with E-state index in [9.17, 15) is 48.2 Å². The number of carboxylic acids is 2. The molecular weight excluding hydrogens is 1000 g/mol. The molecule has 7 rings (SSSR count). The first-order chi connectivity index (χ1) is 35.4. The molecule has 22 nitrogen and oxygen atoms in total. The van der Waals surface area contributed by atoms with Crippen molar-refractivity contribution in [1.29, 1.82) is 0 Å². The third kappa shape index (κ3) is 17.0. The van der Waals surface area contributed by atoms with Crippen molar-refractivity contribution >= 4 is 67.7 Å². The van der Waals surface area contributed by atoms with Gasteiger partial charge in [-0.05, 0) is 115 Å². The standard InChI is InChI=1S/C33H49BN2O9.C15H18BNO6.C5H9NO3/c1-30(2,3)42-28(39)21-14-12-13-19(27(21)41-29(40)43-31(4,5)6)15-24(35-25(37)18-26(38)36(10)11)34-44-23-17-20-16-22(32(20,7)8)33(23,9)45-34;1-17(2)13(19)8-11(18)7-10-6-9-4-3-5-12(15(20)21)14(9)23-16(10)22;1-6(2)4(7)3-5(8)9/h12-14,20,22-24H,15-18H2,1-11H3,(H,35,37);3-5,10,22H,6-8H2,1-2H3,(H,20,21);3H2,1-2H3,(H,8,9)/t20-,22-,23?,24-,33-;10-;/m01./s1. The Morgan fingerprint density at radius 1 is 0.766 bits per heavy atom. The van der Waals surface area contributed by atoms with Crippen molar-refractivity contribution in [3.8, 4) is 11.5 Å². The van der Waals surface area contributed by atoms with E-state index in [1.165, 1.54) is 40.9 Å². The fourth-order valence-corrected chi connectivity index (χ4v) is 9.60. The molecule has 0 radical (unpaired) electrons. The van der Waals surface area contributed by atoms with Crippen LogP contribution in [0.1, 0.15) is 133 Å². The van der Waals surface area contributed by atoms with E-state index in [1.54, 1.807) is 94.0 Å². The first-order valence-corrected chi connectivity index (χ1v) is 25.4. The van der Waals surface area contributed by atoms with Crippen LogP contribution in [0.2, 0.25) is 5.82 Å². The number of hydrogen-bond acceptors (Lipinski definition) is 16. The lowest BCUT2D eigenvalue weighted by molar-refractivity contribution is -0.199. The second-order valence-electron chi connectivity index (χ2n) is 23.2. The maximum absolute atomic E-state index is 13.3. The fraction of sp³-hybridized carbons (Fsp3) is 0.604. The van der Waals surface area contributed by atoms with E-state index in [0.717, 1.165) is 12.8 Å². The number of aromatic carboxylic acids is 1. The number of esters is 1. The van der Waals surface area contributed by atoms with E-state index < -0.39 is 79.2 Å². The molecule has 4 N–H and O–H groups in total. The molecule has 4 amide bonds. The van der Waals surface area contributed by atoms with Crippen LogP contribution < -0.4 is 14.7 Å². The summed E-state index contributed by atoms with van der Waals surface area (Å²) in [4.78, 5) is 111. The summed E-state index contributed by atoms with van der Waals surface area (Å²) in [5, 5.41) is 30.2. The van der Waals surface area contributed by atoms with Crippen LogP contribution in [0.3, 0.4) is 0 Å². The van der Waals surface area contributed by atoms with Gasteiger partial charge in [0, 0.05) is 54.5 Å². The Kier molecular flexibility index (Phi) is 20.7. The number of ketones is 1. The van der Waals surface area contributed by atoms with Crippen LogP contribution >= 0.6 is 0 Å². The first kappa shape index (κ1) is 63.0. The average molecular weight is 1080 g/mol. The van der Waals surface area contributed by atoms with Gasteiger partial charge in [-0.1, -0.05) is 38.1 Å². The lowest BCUT2D eigenvalue weighted by Crippen LogP contribution is -2.65. The predicted molar refractivity (Wildman–Crippen MR) is 281 cm³/mol. The van der Waals surface area contributed by atoms with E-state index in [0.29, 0.717) is 23.5 Å². The van der Waals surface area contributed by atoms with Crippen molar-refractivity contribution in [2.24, 2.45) is 17.3 Å². The molecule has 0 aromatic heterocycles. The highest BCUT2D eigenvalue weighted by atomic mass is 16.7. The van der Waals surface area contributed by atoms with Crippen molar-refractivity contribution in [1.82, 2.24) is 20.0 Å². The van der Waals surface area contributed by atoms with Crippen LogP contribution in [-0.4, -0.2) is 169 Å². The third-order valence-electron chi connectivity index (χ3n) is 13.8. The summed E-state index contributed by atoms with van der Waals surface area (Å²) in [6.45, 7) is 16.9. The van der Waals surface area contributed by atoms with Gasteiger partial charge in [-0.15, -0.1) is 0 Å². The molecule has 0 spiro atoms. The number of aliphatic carboxylic acids is 1. The van der Waals surface area contributed by atoms with Crippen molar-refractivity contribution in [2.45, 2.75) is 148 Å². The highest BCUT2D eigenvalue weighted by Gasteiger charge is 2.68. The number of carbonyl (C=O) groups excluding carboxylic acids is 7. The number of carboxylic acid groups (broad SMARTS) is 2. The van der Waals surface area contributed by atoms with Gasteiger partial charge in [0.25, 0.3) is 0 Å². The zero-order valence-corrected chi connectivity index (χ0v) is 47.0. The molecule has 2 aromatic rings. The third-order valence-corrected chi connectivity index (χ3v) is 13.8. The van der Waals surface area contributed by atoms with Crippen molar-refractivity contribution < 1.29 is 86.6 Å². The van der Waals surface area contributed by atoms with E-state index in [-0.39, 0.29) is 89.3 Å². The quantitative estimate of drug-likeness (QED) is 0.0799. The molecule has 77 heavy (non-hydrogen) atoms. The molecule has 2 heterocycles. The van der Waals surface area contributed by atoms with Crippen molar-refractivity contribution in [3.05, 3.63) is 58.7 Å². The van der Waals surface area contributed by atoms with Gasteiger partial charge in [0.2, 0.25) is 23.6 Å². The zero-order valence-electron chi connectivity index (χ0n) is 47.0. The minimum absolute atomic E-state index is 0.00249. The molecule has 3 aliphatic carbocycles. The van der Waals surface area contributed by atoms with Crippen LogP contribution in [0.4, 0.5) is 4.79 Å². The van der Waals surface area contributed by atoms with Crippen molar-refractivity contribution in [3.63, 3.8) is 0 Å². The van der Waals surface area contributed by atoms with E-state index in [4.69, 9.17) is 38.4 Å². The van der Waals surface area contributed by atoms with Gasteiger partial charge in [0.15, 0.2) is 5.75 Å². The largest absolute Gasteiger partial charge is 0.535 e. The second-order valence-corrected chi connectivity index (χ2v) is 23.2. The van der Waals surface area contributed by atoms with Crippen LogP contribution in [0.5, 0.6) is 11.5 Å². The molecular formula is C53H76B2N4O18. The molecule has 6 atom stereocenters. The van der Waals surface area contributed by atoms with Gasteiger partial charge in [0.05, 0.1) is 29.6 Å². The number of fused-ring (bicyclic) bond motifs is 1. The van der Waals surface area contributed by atoms with Crippen LogP contribution in [-0.2, 0) is 60.4 Å². The Morgan fingerprint density at radius 2 is 1.32 bits per heavy atom. The van der Waals surface area contributed by atoms with Gasteiger partial charge >= 0.3 is 38.3 Å². The molecule has 3 saturated carbocycles. The van der Waals surface area contributed by atoms with Gasteiger partial charge in [-0.3, -0.25) is 28.8 Å². The average Bonchev–Trinajstić information content (AvgIpc) is 3.65. The molecule has 4 fully saturated rings. The molecule has 1 unspecified atom stereocenters. The van der Waals surface area contributed by atoms with E-state index >= 15 is 0 Å². The topological polar surface area (TPSA) is 291 Å². The lowest BCUT2D eigenvalue weighted by Gasteiger charge is -2.64. The predicted octanol–water partition coefficient (Wildman–Crippen LogP) is 4.89. The highest BCUT2D eigenvalue weighted by molar-refractivity contribution is 6.48. The maximum Gasteiger partial charge on any atom is 0.526 e. The van der Waals surface area contributed by atoms with Crippen LogP contribution in [0.25, 0.3) is 0 Å². The summed E-state index contributed by atoms with van der Waals surface area (Å²) >= 11 is 0. The van der Waals surface area contributed by atoms with E-state index in [1.807, 2.05) is 0 Å². The highest BCUT2D eigenvalue weighted by Crippen LogP contribution is 2.65. The number of para-hydroxylation sites is 2. The summed E-state index contributed by atoms with van der Waals surface area (Å²) in [5.74, 6) is -5.14. The second kappa shape index (κ2) is 25.3. The number of benzene rings is 2. The van der Waals surface area contributed by atoms with E-state index in [2.05, 4.69) is 26.1 Å². The first-order valence-electron chi connectivity index (χ1n) is 25.4. The van der Waals surface area contributed by atoms with Crippen LogP contribution in [0.15, 0.2) is 36.4 Å². The van der Waals surface area contributed by atoms with Gasteiger partial charge < -0.3 is 63.4 Å². The Hall–Kier alpha value is -6.52. The fourth-order valence-electron chi connectivity index (χ4n) is 9.60. The van der Waals surface area contributed by atoms with Crippen molar-refractivity contribution in [2.75, 3.05) is 42.3 Å². The zero-order chi connectivity index (χ0) is 58.3. The monoisotopic (exact) mass is 1080 g/mol. The SMILES string of the molecule is CN(C)C(=O)CC(=O)C[C@H]1Cc2cccc(C(=O)O)c2OB1O.CN(C)C(=O)CC(=O)N[C@@H](Cc1cccc(C(=O)OC(C)(C)C)c1OC(=O)OC(C)(C)C)B1OC2C[C@@H]3C[C@@H](C3(C)C)[C@]2(C)O1.CN(C)C(=O)CC(=O)O. The molecule has 422 valence electrons. The Bertz CT molecular complexity index is 2560. The van der Waals surface area contributed by atoms with Gasteiger partial charge in [-0.25, -0.2) is 14.4 Å². The normalized spacial score (nSPS) is 20.9. The number of nitrogens with one attached hydrogen (secondary N) is 1. The van der Waals surface area contributed by atoms with Crippen LogP contribution in [0, 0.1) is 17.3 Å². The molecule has 2 bridgehead atoms. The Morgan fingerprint density at radius 3 is 1.86 bits per heavy atom. The lowest BCUT2D eigenvalue weighted by atomic mass is 9.43. The Labute approximate surface area is 451 Å². The summed E-state index contributed by atoms with van der Waals surface area (Å²) in [6, 6.07) is 9.55. The molecule has 24 heteroatoms. The minimum atomic E-state index is -1.28. The molecule has 2 aliphatic heterocycles. The maximum atomic E-state index is 13.3.